The van der Waals surface area contributed by atoms with Crippen LogP contribution >= 0.6 is 7.60 Å². The molecule has 1 atom stereocenters. The first-order valence-electron chi connectivity index (χ1n) is 11.3. The molecular weight excluding hydrogens is 477 g/mol. The lowest BCUT2D eigenvalue weighted by Gasteiger charge is -2.28. The summed E-state index contributed by atoms with van der Waals surface area (Å²) in [6.45, 7) is -0.149. The van der Waals surface area contributed by atoms with Crippen molar-refractivity contribution in [2.75, 3.05) is 6.61 Å². The largest absolute Gasteiger partial charge is 0.491 e. The van der Waals surface area contributed by atoms with Gasteiger partial charge in [0.05, 0.1) is 0 Å². The highest BCUT2D eigenvalue weighted by Gasteiger charge is 2.42. The van der Waals surface area contributed by atoms with Crippen LogP contribution in [0.2, 0.25) is 0 Å². The first-order chi connectivity index (χ1) is 17.6. The molecule has 7 nitrogen and oxygen atoms in total. The van der Waals surface area contributed by atoms with E-state index in [1.54, 1.807) is 60.7 Å². The van der Waals surface area contributed by atoms with Gasteiger partial charge in [0.25, 0.3) is 0 Å². The summed E-state index contributed by atoms with van der Waals surface area (Å²) < 4.78 is 37.3. The van der Waals surface area contributed by atoms with Crippen LogP contribution in [0.5, 0.6) is 17.2 Å². The highest BCUT2D eigenvalue weighted by Crippen LogP contribution is 2.52. The van der Waals surface area contributed by atoms with E-state index in [1.165, 1.54) is 0 Å². The molecule has 1 N–H and O–H groups in total. The second-order valence-electron chi connectivity index (χ2n) is 7.69. The maximum atomic E-state index is 14.3. The van der Waals surface area contributed by atoms with Crippen molar-refractivity contribution < 1.29 is 27.9 Å². The number of rotatable bonds is 11. The Morgan fingerprint density at radius 1 is 0.667 bits per heavy atom. The Balaban J connectivity index is 1.58. The lowest BCUT2D eigenvalue weighted by molar-refractivity contribution is 0.134. The SMILES string of the molecule is O=C(NC(COc1ccccc1)P(=O)(Oc1ccccc1)Oc1ccccc1)OCc1ccccc1. The Hall–Kier alpha value is -4.22. The summed E-state index contributed by atoms with van der Waals surface area (Å²) in [5, 5.41) is 2.64. The van der Waals surface area contributed by atoms with E-state index in [0.717, 1.165) is 5.56 Å². The van der Waals surface area contributed by atoms with Gasteiger partial charge in [0, 0.05) is 0 Å². The second kappa shape index (κ2) is 12.5. The molecule has 0 aliphatic heterocycles. The highest BCUT2D eigenvalue weighted by atomic mass is 31.2. The Labute approximate surface area is 210 Å². The van der Waals surface area contributed by atoms with E-state index in [1.807, 2.05) is 60.7 Å². The second-order valence-corrected chi connectivity index (χ2v) is 9.76. The Bertz CT molecular complexity index is 1210. The van der Waals surface area contributed by atoms with Crippen LogP contribution in [-0.2, 0) is 15.9 Å². The van der Waals surface area contributed by atoms with E-state index in [2.05, 4.69) is 5.32 Å². The average molecular weight is 503 g/mol. The lowest BCUT2D eigenvalue weighted by Crippen LogP contribution is -2.41. The number of alkyl carbamates (subject to hydrolysis) is 1. The van der Waals surface area contributed by atoms with Crippen molar-refractivity contribution in [2.24, 2.45) is 0 Å². The number of hydrogen-bond acceptors (Lipinski definition) is 6. The summed E-state index contributed by atoms with van der Waals surface area (Å²) in [5.41, 5.74) is 0.814. The average Bonchev–Trinajstić information content (AvgIpc) is 2.92. The van der Waals surface area contributed by atoms with Crippen molar-refractivity contribution in [1.82, 2.24) is 5.32 Å². The number of para-hydroxylation sites is 3. The van der Waals surface area contributed by atoms with Crippen molar-refractivity contribution >= 4 is 13.7 Å². The molecule has 4 rings (SSSR count). The summed E-state index contributed by atoms with van der Waals surface area (Å²) in [7, 11) is -4.10. The van der Waals surface area contributed by atoms with Crippen molar-refractivity contribution in [3.63, 3.8) is 0 Å². The molecule has 184 valence electrons. The molecule has 0 saturated heterocycles. The molecule has 1 amide bonds. The van der Waals surface area contributed by atoms with E-state index in [0.29, 0.717) is 17.2 Å². The van der Waals surface area contributed by atoms with Crippen LogP contribution in [0.4, 0.5) is 4.79 Å². The minimum atomic E-state index is -4.10. The molecule has 36 heavy (non-hydrogen) atoms. The van der Waals surface area contributed by atoms with Crippen LogP contribution in [-0.4, -0.2) is 18.5 Å². The Morgan fingerprint density at radius 2 is 1.11 bits per heavy atom. The number of amides is 1. The fraction of sp³-hybridized carbons (Fsp3) is 0.107. The predicted octanol–water partition coefficient (Wildman–Crippen LogP) is 6.67. The van der Waals surface area contributed by atoms with Gasteiger partial charge >= 0.3 is 13.7 Å². The Morgan fingerprint density at radius 3 is 1.61 bits per heavy atom. The zero-order valence-corrected chi connectivity index (χ0v) is 20.3. The monoisotopic (exact) mass is 503 g/mol. The minimum Gasteiger partial charge on any atom is -0.491 e. The lowest BCUT2D eigenvalue weighted by atomic mass is 10.2. The summed E-state index contributed by atoms with van der Waals surface area (Å²) in [4.78, 5) is 12.8. The first-order valence-corrected chi connectivity index (χ1v) is 13.0. The summed E-state index contributed by atoms with van der Waals surface area (Å²) >= 11 is 0. The number of benzene rings is 4. The molecule has 0 fully saturated rings. The number of carbonyl (C=O) groups is 1. The zero-order chi connectivity index (χ0) is 25.1. The number of ether oxygens (including phenoxy) is 2. The third-order valence-electron chi connectivity index (χ3n) is 4.98. The standard InChI is InChI=1S/C28H26NO6P/c30-28(33-21-23-13-5-1-6-14-23)29-27(22-32-24-15-7-2-8-16-24)36(31,34-25-17-9-3-10-18-25)35-26-19-11-4-12-20-26/h1-20,27H,21-22H2,(H,29,30). The maximum Gasteiger partial charge on any atom is 0.456 e. The fourth-order valence-electron chi connectivity index (χ4n) is 3.21. The van der Waals surface area contributed by atoms with Gasteiger partial charge in [0.2, 0.25) is 0 Å². The van der Waals surface area contributed by atoms with Gasteiger partial charge in [-0.05, 0) is 42.0 Å². The topological polar surface area (TPSA) is 83.1 Å². The van der Waals surface area contributed by atoms with Crippen molar-refractivity contribution in [3.8, 4) is 17.2 Å². The molecule has 4 aromatic rings. The smallest absolute Gasteiger partial charge is 0.456 e. The molecule has 0 bridgehead atoms. The predicted molar refractivity (Wildman–Crippen MR) is 137 cm³/mol. The highest BCUT2D eigenvalue weighted by molar-refractivity contribution is 7.55. The summed E-state index contributed by atoms with van der Waals surface area (Å²) in [6, 6.07) is 35.5. The number of hydrogen-bond donors (Lipinski definition) is 1. The first kappa shape index (κ1) is 24.9. The van der Waals surface area contributed by atoms with Crippen molar-refractivity contribution in [3.05, 3.63) is 127 Å². The molecule has 0 radical (unpaired) electrons. The van der Waals surface area contributed by atoms with Gasteiger partial charge in [-0.2, -0.15) is 0 Å². The van der Waals surface area contributed by atoms with Crippen LogP contribution in [0.25, 0.3) is 0 Å². The van der Waals surface area contributed by atoms with Crippen LogP contribution < -0.4 is 19.1 Å². The van der Waals surface area contributed by atoms with Gasteiger partial charge < -0.3 is 23.8 Å². The molecule has 0 aromatic heterocycles. The quantitative estimate of drug-likeness (QED) is 0.230. The van der Waals surface area contributed by atoms with Crippen LogP contribution in [0, 0.1) is 0 Å². The summed E-state index contributed by atoms with van der Waals surface area (Å²) in [6.07, 6.45) is -0.783. The third kappa shape index (κ3) is 7.39. The minimum absolute atomic E-state index is 0.0440. The van der Waals surface area contributed by atoms with Crippen LogP contribution in [0.15, 0.2) is 121 Å². The molecule has 0 heterocycles. The molecular formula is C28H26NO6P. The molecule has 0 spiro atoms. The van der Waals surface area contributed by atoms with Gasteiger partial charge in [-0.3, -0.25) is 0 Å². The van der Waals surface area contributed by atoms with Crippen LogP contribution in [0.1, 0.15) is 5.56 Å². The van der Waals surface area contributed by atoms with Crippen LogP contribution in [0.3, 0.4) is 0 Å². The van der Waals surface area contributed by atoms with E-state index in [9.17, 15) is 9.36 Å². The molecule has 1 unspecified atom stereocenters. The number of nitrogens with one attached hydrogen (secondary N) is 1. The van der Waals surface area contributed by atoms with Crippen molar-refractivity contribution in [2.45, 2.75) is 12.4 Å². The molecule has 0 aliphatic carbocycles. The van der Waals surface area contributed by atoms with E-state index >= 15 is 0 Å². The fourth-order valence-corrected chi connectivity index (χ4v) is 4.85. The Kier molecular flexibility index (Phi) is 8.62. The van der Waals surface area contributed by atoms with E-state index < -0.39 is 19.5 Å². The molecule has 0 saturated carbocycles. The van der Waals surface area contributed by atoms with Gasteiger partial charge in [-0.1, -0.05) is 84.9 Å². The van der Waals surface area contributed by atoms with Crippen molar-refractivity contribution in [1.29, 1.82) is 0 Å². The van der Waals surface area contributed by atoms with E-state index in [4.69, 9.17) is 18.5 Å². The normalized spacial score (nSPS) is 11.7. The van der Waals surface area contributed by atoms with Gasteiger partial charge in [-0.15, -0.1) is 0 Å². The van der Waals surface area contributed by atoms with Gasteiger partial charge in [0.1, 0.15) is 30.5 Å². The van der Waals surface area contributed by atoms with E-state index in [-0.39, 0.29) is 13.2 Å². The van der Waals surface area contributed by atoms with Gasteiger partial charge in [0.15, 0.2) is 5.78 Å². The number of carbonyl (C=O) groups excluding carboxylic acids is 1. The zero-order valence-electron chi connectivity index (χ0n) is 19.4. The third-order valence-corrected chi connectivity index (χ3v) is 6.95. The molecule has 8 heteroatoms. The molecule has 4 aromatic carbocycles. The maximum absolute atomic E-state index is 14.3. The molecule has 0 aliphatic rings. The summed E-state index contributed by atoms with van der Waals surface area (Å²) in [5.74, 6) is -0.0174. The van der Waals surface area contributed by atoms with Gasteiger partial charge in [-0.25, -0.2) is 9.36 Å².